The van der Waals surface area contributed by atoms with E-state index in [2.05, 4.69) is 10.4 Å². The van der Waals surface area contributed by atoms with Crippen LogP contribution in [0.1, 0.15) is 21.6 Å². The van der Waals surface area contributed by atoms with Crippen LogP contribution in [0.25, 0.3) is 11.8 Å². The van der Waals surface area contributed by atoms with Gasteiger partial charge >= 0.3 is 0 Å². The lowest BCUT2D eigenvalue weighted by atomic mass is 10.2. The van der Waals surface area contributed by atoms with E-state index < -0.39 is 0 Å². The Balaban J connectivity index is 1.57. The maximum absolute atomic E-state index is 11.9. The summed E-state index contributed by atoms with van der Waals surface area (Å²) in [5.41, 5.74) is 3.96. The molecule has 0 aliphatic rings. The molecular formula is C19H19N3O2S. The van der Waals surface area contributed by atoms with Gasteiger partial charge in [0.05, 0.1) is 18.5 Å². The molecule has 0 spiro atoms. The summed E-state index contributed by atoms with van der Waals surface area (Å²) >= 11 is 1.49. The molecule has 25 heavy (non-hydrogen) atoms. The maximum atomic E-state index is 11.9. The van der Waals surface area contributed by atoms with Crippen molar-refractivity contribution in [2.45, 2.75) is 20.1 Å². The molecule has 128 valence electrons. The average molecular weight is 353 g/mol. The zero-order chi connectivity index (χ0) is 17.6. The monoisotopic (exact) mass is 353 g/mol. The van der Waals surface area contributed by atoms with Crippen molar-refractivity contribution >= 4 is 23.3 Å². The van der Waals surface area contributed by atoms with Crippen molar-refractivity contribution in [2.75, 3.05) is 0 Å². The van der Waals surface area contributed by atoms with Gasteiger partial charge in [-0.1, -0.05) is 18.2 Å². The van der Waals surface area contributed by atoms with Crippen LogP contribution in [0.4, 0.5) is 0 Å². The molecule has 0 fully saturated rings. The molecule has 0 aliphatic heterocycles. The standard InChI is InChI=1S/C19H19N3O2S/c1-14-4-2-3-5-18(14)22-11-16(10-21-22)9-20-19(24)7-6-17-8-15(12-23)13-25-17/h2-8,10-11,13,23H,9,12H2,1H3,(H,20,24)/b7-6+. The molecule has 2 aromatic heterocycles. The van der Waals surface area contributed by atoms with Gasteiger partial charge in [0.25, 0.3) is 0 Å². The van der Waals surface area contributed by atoms with Gasteiger partial charge < -0.3 is 10.4 Å². The number of aromatic nitrogens is 2. The summed E-state index contributed by atoms with van der Waals surface area (Å²) in [6.07, 6.45) is 6.91. The Labute approximate surface area is 150 Å². The van der Waals surface area contributed by atoms with E-state index in [1.807, 2.05) is 53.5 Å². The van der Waals surface area contributed by atoms with Crippen LogP contribution in [0.15, 0.2) is 54.2 Å². The highest BCUT2D eigenvalue weighted by atomic mass is 32.1. The maximum Gasteiger partial charge on any atom is 0.244 e. The van der Waals surface area contributed by atoms with Crippen molar-refractivity contribution in [1.82, 2.24) is 15.1 Å². The Morgan fingerprint density at radius 3 is 2.96 bits per heavy atom. The van der Waals surface area contributed by atoms with Crippen molar-refractivity contribution in [3.05, 3.63) is 75.7 Å². The highest BCUT2D eigenvalue weighted by Crippen LogP contribution is 2.16. The highest BCUT2D eigenvalue weighted by Gasteiger charge is 2.04. The van der Waals surface area contributed by atoms with E-state index in [4.69, 9.17) is 5.11 Å². The Morgan fingerprint density at radius 1 is 1.36 bits per heavy atom. The lowest BCUT2D eigenvalue weighted by molar-refractivity contribution is -0.116. The third-order valence-corrected chi connectivity index (χ3v) is 4.67. The zero-order valence-corrected chi connectivity index (χ0v) is 14.7. The number of aliphatic hydroxyl groups is 1. The first kappa shape index (κ1) is 17.1. The zero-order valence-electron chi connectivity index (χ0n) is 13.8. The number of nitrogens with one attached hydrogen (secondary N) is 1. The van der Waals surface area contributed by atoms with Crippen LogP contribution in [-0.2, 0) is 17.9 Å². The summed E-state index contributed by atoms with van der Waals surface area (Å²) in [6.45, 7) is 2.47. The number of rotatable bonds is 6. The van der Waals surface area contributed by atoms with Gasteiger partial charge in [0.15, 0.2) is 0 Å². The topological polar surface area (TPSA) is 67.2 Å². The van der Waals surface area contributed by atoms with Gasteiger partial charge in [-0.2, -0.15) is 5.10 Å². The second-order valence-electron chi connectivity index (χ2n) is 5.65. The fourth-order valence-corrected chi connectivity index (χ4v) is 3.17. The first-order valence-corrected chi connectivity index (χ1v) is 8.77. The molecule has 2 heterocycles. The van der Waals surface area contributed by atoms with Gasteiger partial charge in [0.1, 0.15) is 0 Å². The lowest BCUT2D eigenvalue weighted by Gasteiger charge is -2.04. The smallest absolute Gasteiger partial charge is 0.244 e. The molecule has 0 saturated carbocycles. The molecule has 1 amide bonds. The van der Waals surface area contributed by atoms with Gasteiger partial charge in [-0.15, -0.1) is 11.3 Å². The quantitative estimate of drug-likeness (QED) is 0.669. The third kappa shape index (κ3) is 4.43. The summed E-state index contributed by atoms with van der Waals surface area (Å²) < 4.78 is 1.81. The Morgan fingerprint density at radius 2 is 2.20 bits per heavy atom. The average Bonchev–Trinajstić information content (AvgIpc) is 3.28. The second kappa shape index (κ2) is 7.92. The van der Waals surface area contributed by atoms with Gasteiger partial charge in [0.2, 0.25) is 5.91 Å². The molecular weight excluding hydrogens is 334 g/mol. The molecule has 1 aromatic carbocycles. The van der Waals surface area contributed by atoms with Crippen molar-refractivity contribution in [1.29, 1.82) is 0 Å². The molecule has 0 unspecified atom stereocenters. The van der Waals surface area contributed by atoms with Crippen LogP contribution in [-0.4, -0.2) is 20.8 Å². The van der Waals surface area contributed by atoms with Crippen molar-refractivity contribution < 1.29 is 9.90 Å². The van der Waals surface area contributed by atoms with Crippen molar-refractivity contribution in [2.24, 2.45) is 0 Å². The number of carbonyl (C=O) groups is 1. The van der Waals surface area contributed by atoms with E-state index >= 15 is 0 Å². The van der Waals surface area contributed by atoms with E-state index in [0.29, 0.717) is 6.54 Å². The number of benzene rings is 1. The third-order valence-electron chi connectivity index (χ3n) is 3.72. The summed E-state index contributed by atoms with van der Waals surface area (Å²) in [4.78, 5) is 12.9. The van der Waals surface area contributed by atoms with Crippen LogP contribution in [0.5, 0.6) is 0 Å². The van der Waals surface area contributed by atoms with Crippen LogP contribution < -0.4 is 5.32 Å². The second-order valence-corrected chi connectivity index (χ2v) is 6.59. The number of nitrogens with zero attached hydrogens (tertiary/aromatic N) is 2. The number of amides is 1. The number of carbonyl (C=O) groups excluding carboxylic acids is 1. The molecule has 0 aliphatic carbocycles. The predicted octanol–water partition coefficient (Wildman–Crippen LogP) is 3.06. The summed E-state index contributed by atoms with van der Waals surface area (Å²) in [5, 5.41) is 18.1. The number of aliphatic hydroxyl groups excluding tert-OH is 1. The SMILES string of the molecule is Cc1ccccc1-n1cc(CNC(=O)/C=C/c2cc(CO)cs2)cn1. The minimum absolute atomic E-state index is 0.0153. The fourth-order valence-electron chi connectivity index (χ4n) is 2.37. The molecule has 0 bridgehead atoms. The number of aryl methyl sites for hydroxylation is 1. The lowest BCUT2D eigenvalue weighted by Crippen LogP contribution is -2.19. The van der Waals surface area contributed by atoms with Crippen molar-refractivity contribution in [3.63, 3.8) is 0 Å². The van der Waals surface area contributed by atoms with E-state index in [0.717, 1.165) is 27.3 Å². The summed E-state index contributed by atoms with van der Waals surface area (Å²) in [5.74, 6) is -0.164. The van der Waals surface area contributed by atoms with Crippen LogP contribution in [0.3, 0.4) is 0 Å². The molecule has 6 heteroatoms. The normalized spacial score (nSPS) is 11.1. The van der Waals surface area contributed by atoms with Crippen molar-refractivity contribution in [3.8, 4) is 5.69 Å². The van der Waals surface area contributed by atoms with Crippen LogP contribution >= 0.6 is 11.3 Å². The molecule has 2 N–H and O–H groups in total. The van der Waals surface area contributed by atoms with Crippen LogP contribution in [0, 0.1) is 6.92 Å². The molecule has 0 atom stereocenters. The molecule has 3 aromatic rings. The minimum Gasteiger partial charge on any atom is -0.392 e. The largest absolute Gasteiger partial charge is 0.392 e. The summed E-state index contributed by atoms with van der Waals surface area (Å²) in [7, 11) is 0. The number of thiophene rings is 1. The van der Waals surface area contributed by atoms with E-state index in [1.165, 1.54) is 17.4 Å². The Kier molecular flexibility index (Phi) is 5.42. The van der Waals surface area contributed by atoms with E-state index in [9.17, 15) is 4.79 Å². The Hall–Kier alpha value is -2.70. The molecule has 0 radical (unpaired) electrons. The van der Waals surface area contributed by atoms with Gasteiger partial charge in [-0.25, -0.2) is 4.68 Å². The van der Waals surface area contributed by atoms with Gasteiger partial charge in [-0.3, -0.25) is 4.79 Å². The van der Waals surface area contributed by atoms with E-state index in [1.54, 1.807) is 12.3 Å². The number of hydrogen-bond acceptors (Lipinski definition) is 4. The number of para-hydroxylation sites is 1. The fraction of sp³-hybridized carbons (Fsp3) is 0.158. The Bertz CT molecular complexity index is 895. The predicted molar refractivity (Wildman–Crippen MR) is 99.4 cm³/mol. The molecule has 0 saturated heterocycles. The highest BCUT2D eigenvalue weighted by molar-refractivity contribution is 7.11. The number of hydrogen-bond donors (Lipinski definition) is 2. The van der Waals surface area contributed by atoms with E-state index in [-0.39, 0.29) is 12.5 Å². The van der Waals surface area contributed by atoms with Gasteiger partial charge in [-0.05, 0) is 41.6 Å². The molecule has 3 rings (SSSR count). The minimum atomic E-state index is -0.164. The first-order valence-electron chi connectivity index (χ1n) is 7.89. The van der Waals surface area contributed by atoms with Gasteiger partial charge in [0, 0.05) is 29.3 Å². The molecule has 5 nitrogen and oxygen atoms in total. The first-order chi connectivity index (χ1) is 12.2. The summed E-state index contributed by atoms with van der Waals surface area (Å²) in [6, 6.07) is 9.88. The van der Waals surface area contributed by atoms with Crippen LogP contribution in [0.2, 0.25) is 0 Å².